The minimum absolute atomic E-state index is 0.164. The van der Waals surface area contributed by atoms with Crippen molar-refractivity contribution in [2.24, 2.45) is 5.92 Å². The van der Waals surface area contributed by atoms with Crippen LogP contribution in [0.25, 0.3) is 0 Å². The van der Waals surface area contributed by atoms with Crippen LogP contribution in [0.5, 0.6) is 0 Å². The first kappa shape index (κ1) is 13.7. The van der Waals surface area contributed by atoms with Gasteiger partial charge in [-0.15, -0.1) is 0 Å². The summed E-state index contributed by atoms with van der Waals surface area (Å²) in [6.45, 7) is 10.7. The standard InChI is InChI=1S/C14H26N2O2/c1-5-11-8-14(15-9-11)6-7-16(10-14)12(17)18-13(2,3)4/h11,15H,5-10H2,1-4H3. The summed E-state index contributed by atoms with van der Waals surface area (Å²) >= 11 is 0. The van der Waals surface area contributed by atoms with Gasteiger partial charge in [-0.25, -0.2) is 4.79 Å². The second-order valence-electron chi connectivity index (χ2n) is 6.79. The van der Waals surface area contributed by atoms with E-state index in [0.717, 1.165) is 32.0 Å². The Bertz CT molecular complexity index is 324. The minimum Gasteiger partial charge on any atom is -0.444 e. The summed E-state index contributed by atoms with van der Waals surface area (Å²) in [5.74, 6) is 0.767. The number of hydrogen-bond acceptors (Lipinski definition) is 3. The Kier molecular flexibility index (Phi) is 3.58. The highest BCUT2D eigenvalue weighted by atomic mass is 16.6. The molecule has 0 aliphatic carbocycles. The molecule has 2 fully saturated rings. The number of amides is 1. The highest BCUT2D eigenvalue weighted by Gasteiger charge is 2.45. The second kappa shape index (κ2) is 4.72. The van der Waals surface area contributed by atoms with Crippen LogP contribution in [0.15, 0.2) is 0 Å². The molecule has 2 heterocycles. The summed E-state index contributed by atoms with van der Waals surface area (Å²) in [7, 11) is 0. The number of rotatable bonds is 1. The Morgan fingerprint density at radius 2 is 2.22 bits per heavy atom. The van der Waals surface area contributed by atoms with Crippen LogP contribution in [0.3, 0.4) is 0 Å². The Labute approximate surface area is 110 Å². The van der Waals surface area contributed by atoms with Gasteiger partial charge in [0.2, 0.25) is 0 Å². The van der Waals surface area contributed by atoms with E-state index in [0.29, 0.717) is 0 Å². The van der Waals surface area contributed by atoms with E-state index in [1.807, 2.05) is 25.7 Å². The zero-order chi connectivity index (χ0) is 13.4. The van der Waals surface area contributed by atoms with Gasteiger partial charge in [-0.3, -0.25) is 0 Å². The topological polar surface area (TPSA) is 41.6 Å². The molecule has 2 rings (SSSR count). The predicted molar refractivity (Wildman–Crippen MR) is 71.6 cm³/mol. The van der Waals surface area contributed by atoms with Gasteiger partial charge in [-0.05, 0) is 46.1 Å². The molecule has 18 heavy (non-hydrogen) atoms. The van der Waals surface area contributed by atoms with Crippen molar-refractivity contribution in [1.82, 2.24) is 10.2 Å². The number of likely N-dealkylation sites (tertiary alicyclic amines) is 1. The van der Waals surface area contributed by atoms with Crippen LogP contribution >= 0.6 is 0 Å². The third-order valence-electron chi connectivity index (χ3n) is 4.03. The number of nitrogens with zero attached hydrogens (tertiary/aromatic N) is 1. The van der Waals surface area contributed by atoms with E-state index >= 15 is 0 Å². The average molecular weight is 254 g/mol. The van der Waals surface area contributed by atoms with Crippen molar-refractivity contribution in [3.8, 4) is 0 Å². The SMILES string of the molecule is CCC1CNC2(CCN(C(=O)OC(C)(C)C)C2)C1. The summed E-state index contributed by atoms with van der Waals surface area (Å²) in [6, 6.07) is 0. The lowest BCUT2D eigenvalue weighted by atomic mass is 9.91. The smallest absolute Gasteiger partial charge is 0.410 e. The number of nitrogens with one attached hydrogen (secondary N) is 1. The second-order valence-corrected chi connectivity index (χ2v) is 6.79. The minimum atomic E-state index is -0.401. The number of carbonyl (C=O) groups excluding carboxylic acids is 1. The molecule has 4 nitrogen and oxygen atoms in total. The van der Waals surface area contributed by atoms with Crippen LogP contribution in [-0.2, 0) is 4.74 Å². The molecule has 2 aliphatic rings. The van der Waals surface area contributed by atoms with Crippen LogP contribution in [0.4, 0.5) is 4.79 Å². The van der Waals surface area contributed by atoms with Gasteiger partial charge in [-0.1, -0.05) is 13.3 Å². The number of ether oxygens (including phenoxy) is 1. The van der Waals surface area contributed by atoms with E-state index < -0.39 is 5.60 Å². The van der Waals surface area contributed by atoms with Gasteiger partial charge in [0.15, 0.2) is 0 Å². The first-order chi connectivity index (χ1) is 8.34. The van der Waals surface area contributed by atoms with Crippen molar-refractivity contribution < 1.29 is 9.53 Å². The summed E-state index contributed by atoms with van der Waals surface area (Å²) < 4.78 is 5.44. The lowest BCUT2D eigenvalue weighted by molar-refractivity contribution is 0.0282. The van der Waals surface area contributed by atoms with E-state index in [-0.39, 0.29) is 11.6 Å². The molecule has 0 aromatic heterocycles. The molecule has 2 unspecified atom stereocenters. The van der Waals surface area contributed by atoms with E-state index in [1.54, 1.807) is 0 Å². The quantitative estimate of drug-likeness (QED) is 0.781. The zero-order valence-electron chi connectivity index (χ0n) is 12.1. The van der Waals surface area contributed by atoms with Crippen molar-refractivity contribution in [2.75, 3.05) is 19.6 Å². The molecule has 1 spiro atoms. The Balaban J connectivity index is 1.91. The molecule has 2 aliphatic heterocycles. The molecule has 0 aromatic carbocycles. The average Bonchev–Trinajstić information content (AvgIpc) is 2.84. The third kappa shape index (κ3) is 2.97. The Morgan fingerprint density at radius 3 is 2.78 bits per heavy atom. The van der Waals surface area contributed by atoms with E-state index in [2.05, 4.69) is 12.2 Å². The molecular weight excluding hydrogens is 228 g/mol. The van der Waals surface area contributed by atoms with Crippen molar-refractivity contribution >= 4 is 6.09 Å². The molecule has 0 saturated carbocycles. The van der Waals surface area contributed by atoms with Gasteiger partial charge < -0.3 is 15.0 Å². The first-order valence-electron chi connectivity index (χ1n) is 7.06. The van der Waals surface area contributed by atoms with Crippen molar-refractivity contribution in [3.63, 3.8) is 0 Å². The normalized spacial score (nSPS) is 32.2. The summed E-state index contributed by atoms with van der Waals surface area (Å²) in [5.41, 5.74) is -0.237. The van der Waals surface area contributed by atoms with Crippen LogP contribution in [-0.4, -0.2) is 41.8 Å². The molecule has 2 saturated heterocycles. The fourth-order valence-electron chi connectivity index (χ4n) is 3.01. The van der Waals surface area contributed by atoms with Gasteiger partial charge >= 0.3 is 6.09 Å². The summed E-state index contributed by atoms with van der Waals surface area (Å²) in [5, 5.41) is 3.63. The fourth-order valence-corrected chi connectivity index (χ4v) is 3.01. The maximum Gasteiger partial charge on any atom is 0.410 e. The fraction of sp³-hybridized carbons (Fsp3) is 0.929. The van der Waals surface area contributed by atoms with Crippen LogP contribution in [0, 0.1) is 5.92 Å². The maximum absolute atomic E-state index is 12.0. The summed E-state index contributed by atoms with van der Waals surface area (Å²) in [6.07, 6.45) is 3.31. The van der Waals surface area contributed by atoms with E-state index in [4.69, 9.17) is 4.74 Å². The van der Waals surface area contributed by atoms with Crippen molar-refractivity contribution in [3.05, 3.63) is 0 Å². The molecule has 1 amide bonds. The predicted octanol–water partition coefficient (Wildman–Crippen LogP) is 2.39. The van der Waals surface area contributed by atoms with Crippen molar-refractivity contribution in [2.45, 2.75) is 58.1 Å². The Morgan fingerprint density at radius 1 is 1.50 bits per heavy atom. The molecule has 0 radical (unpaired) electrons. The van der Waals surface area contributed by atoms with Gasteiger partial charge in [-0.2, -0.15) is 0 Å². The largest absolute Gasteiger partial charge is 0.444 e. The zero-order valence-corrected chi connectivity index (χ0v) is 12.1. The summed E-state index contributed by atoms with van der Waals surface area (Å²) in [4.78, 5) is 13.9. The third-order valence-corrected chi connectivity index (χ3v) is 4.03. The van der Waals surface area contributed by atoms with Gasteiger partial charge in [0, 0.05) is 18.6 Å². The van der Waals surface area contributed by atoms with E-state index in [9.17, 15) is 4.79 Å². The van der Waals surface area contributed by atoms with E-state index in [1.165, 1.54) is 12.8 Å². The molecule has 104 valence electrons. The molecule has 2 atom stereocenters. The number of hydrogen-bond donors (Lipinski definition) is 1. The van der Waals surface area contributed by atoms with Gasteiger partial charge in [0.05, 0.1) is 0 Å². The molecule has 1 N–H and O–H groups in total. The highest BCUT2D eigenvalue weighted by Crippen LogP contribution is 2.34. The lowest BCUT2D eigenvalue weighted by Gasteiger charge is -2.27. The highest BCUT2D eigenvalue weighted by molar-refractivity contribution is 5.68. The van der Waals surface area contributed by atoms with Crippen LogP contribution in [0.2, 0.25) is 0 Å². The van der Waals surface area contributed by atoms with Crippen molar-refractivity contribution in [1.29, 1.82) is 0 Å². The lowest BCUT2D eigenvalue weighted by Crippen LogP contribution is -2.44. The van der Waals surface area contributed by atoms with Crippen LogP contribution < -0.4 is 5.32 Å². The molecule has 0 bridgehead atoms. The molecule has 4 heteroatoms. The molecule has 0 aromatic rings. The Hall–Kier alpha value is -0.770. The maximum atomic E-state index is 12.0. The van der Waals surface area contributed by atoms with Crippen LogP contribution in [0.1, 0.15) is 47.0 Å². The molecular formula is C14H26N2O2. The van der Waals surface area contributed by atoms with Gasteiger partial charge in [0.1, 0.15) is 5.60 Å². The number of carbonyl (C=O) groups is 1. The monoisotopic (exact) mass is 254 g/mol. The van der Waals surface area contributed by atoms with Gasteiger partial charge in [0.25, 0.3) is 0 Å². The first-order valence-corrected chi connectivity index (χ1v) is 7.06.